The van der Waals surface area contributed by atoms with Crippen LogP contribution in [0.5, 0.6) is 0 Å². The van der Waals surface area contributed by atoms with Crippen LogP contribution in [-0.2, 0) is 23.6 Å². The lowest BCUT2D eigenvalue weighted by atomic mass is 9.98. The minimum absolute atomic E-state index is 0.344. The van der Waals surface area contributed by atoms with Crippen LogP contribution < -0.4 is 5.73 Å². The van der Waals surface area contributed by atoms with E-state index in [1.165, 1.54) is 0 Å². The van der Waals surface area contributed by atoms with E-state index in [0.717, 1.165) is 25.1 Å². The zero-order valence-corrected chi connectivity index (χ0v) is 13.9. The van der Waals surface area contributed by atoms with E-state index in [1.54, 1.807) is 21.1 Å². The second kappa shape index (κ2) is 6.48. The predicted molar refractivity (Wildman–Crippen MR) is 83.3 cm³/mol. The Labute approximate surface area is 127 Å². The summed E-state index contributed by atoms with van der Waals surface area (Å²) >= 11 is 0. The average molecular weight is 314 g/mol. The summed E-state index contributed by atoms with van der Waals surface area (Å²) in [5, 5.41) is 0. The fraction of sp³-hybridized carbons (Fsp3) is 0.714. The van der Waals surface area contributed by atoms with Crippen LogP contribution in [0.3, 0.4) is 0 Å². The molecule has 1 aliphatic rings. The molecule has 0 saturated carbocycles. The van der Waals surface area contributed by atoms with Gasteiger partial charge in [-0.25, -0.2) is 8.42 Å². The number of sulfonamides is 1. The van der Waals surface area contributed by atoms with Crippen molar-refractivity contribution in [2.24, 2.45) is 18.7 Å². The molecule has 21 heavy (non-hydrogen) atoms. The van der Waals surface area contributed by atoms with Crippen LogP contribution >= 0.6 is 0 Å². The zero-order chi connectivity index (χ0) is 15.6. The van der Waals surface area contributed by atoms with Crippen LogP contribution in [0.1, 0.15) is 18.5 Å². The van der Waals surface area contributed by atoms with Gasteiger partial charge in [-0.2, -0.15) is 4.31 Å². The van der Waals surface area contributed by atoms with Crippen molar-refractivity contribution in [1.82, 2.24) is 13.8 Å². The molecule has 0 spiro atoms. The van der Waals surface area contributed by atoms with Crippen molar-refractivity contribution in [3.63, 3.8) is 0 Å². The fourth-order valence-corrected chi connectivity index (χ4v) is 4.48. The first-order valence-electron chi connectivity index (χ1n) is 7.34. The van der Waals surface area contributed by atoms with Crippen molar-refractivity contribution in [2.75, 3.05) is 33.7 Å². The summed E-state index contributed by atoms with van der Waals surface area (Å²) in [4.78, 5) is 2.52. The second-order valence-corrected chi connectivity index (χ2v) is 8.03. The number of hydrogen-bond acceptors (Lipinski definition) is 4. The van der Waals surface area contributed by atoms with Gasteiger partial charge in [0.05, 0.1) is 0 Å². The van der Waals surface area contributed by atoms with Crippen LogP contribution in [0, 0.1) is 5.92 Å². The topological polar surface area (TPSA) is 71.6 Å². The summed E-state index contributed by atoms with van der Waals surface area (Å²) in [5.41, 5.74) is 6.45. The Kier molecular flexibility index (Phi) is 5.08. The van der Waals surface area contributed by atoms with Crippen molar-refractivity contribution < 1.29 is 8.42 Å². The lowest BCUT2D eigenvalue weighted by Crippen LogP contribution is -2.40. The lowest BCUT2D eigenvalue weighted by molar-refractivity contribution is 0.225. The van der Waals surface area contributed by atoms with Gasteiger partial charge in [-0.05, 0) is 38.9 Å². The van der Waals surface area contributed by atoms with E-state index in [0.29, 0.717) is 30.4 Å². The number of aryl methyl sites for hydroxylation is 1. The molecule has 0 aromatic carbocycles. The molecule has 1 aromatic heterocycles. The SMILES string of the molecule is CN(C)CC1CCN(S(=O)(=O)c2cc(CN)n(C)c2)CC1. The van der Waals surface area contributed by atoms with Crippen LogP contribution in [0.25, 0.3) is 0 Å². The summed E-state index contributed by atoms with van der Waals surface area (Å²) in [5.74, 6) is 0.585. The van der Waals surface area contributed by atoms with Gasteiger partial charge in [-0.15, -0.1) is 0 Å². The molecule has 1 fully saturated rings. The smallest absolute Gasteiger partial charge is 0.244 e. The highest BCUT2D eigenvalue weighted by Gasteiger charge is 2.30. The van der Waals surface area contributed by atoms with Gasteiger partial charge in [0.15, 0.2) is 0 Å². The van der Waals surface area contributed by atoms with Gasteiger partial charge in [0.1, 0.15) is 4.90 Å². The first-order valence-corrected chi connectivity index (χ1v) is 8.78. The minimum Gasteiger partial charge on any atom is -0.352 e. The van der Waals surface area contributed by atoms with Crippen molar-refractivity contribution in [1.29, 1.82) is 0 Å². The van der Waals surface area contributed by atoms with E-state index < -0.39 is 10.0 Å². The Balaban J connectivity index is 2.07. The van der Waals surface area contributed by atoms with Gasteiger partial charge in [0.25, 0.3) is 0 Å². The Hall–Kier alpha value is -0.890. The molecule has 2 N–H and O–H groups in total. The quantitative estimate of drug-likeness (QED) is 0.856. The van der Waals surface area contributed by atoms with Crippen LogP contribution in [0.15, 0.2) is 17.2 Å². The molecule has 0 radical (unpaired) electrons. The highest BCUT2D eigenvalue weighted by molar-refractivity contribution is 7.89. The van der Waals surface area contributed by atoms with E-state index in [9.17, 15) is 8.42 Å². The first kappa shape index (κ1) is 16.5. The summed E-state index contributed by atoms with van der Waals surface area (Å²) in [6, 6.07) is 1.68. The maximum atomic E-state index is 12.7. The fourth-order valence-electron chi connectivity index (χ4n) is 2.92. The second-order valence-electron chi connectivity index (χ2n) is 6.09. The number of piperidine rings is 1. The Morgan fingerprint density at radius 1 is 1.33 bits per heavy atom. The van der Waals surface area contributed by atoms with Gasteiger partial charge in [-0.3, -0.25) is 0 Å². The summed E-state index contributed by atoms with van der Waals surface area (Å²) < 4.78 is 28.7. The molecule has 1 saturated heterocycles. The Morgan fingerprint density at radius 3 is 2.43 bits per heavy atom. The number of hydrogen-bond donors (Lipinski definition) is 1. The molecular formula is C14H26N4O2S. The highest BCUT2D eigenvalue weighted by Crippen LogP contribution is 2.25. The average Bonchev–Trinajstić information content (AvgIpc) is 2.80. The van der Waals surface area contributed by atoms with Crippen molar-refractivity contribution in [3.05, 3.63) is 18.0 Å². The van der Waals surface area contributed by atoms with Gasteiger partial charge in [0, 0.05) is 45.1 Å². The summed E-state index contributed by atoms with van der Waals surface area (Å²) in [6.45, 7) is 2.58. The van der Waals surface area contributed by atoms with E-state index in [-0.39, 0.29) is 0 Å². The molecule has 7 heteroatoms. The molecule has 2 rings (SSSR count). The molecule has 0 bridgehead atoms. The Bertz CT molecular complexity index is 572. The predicted octanol–water partition coefficient (Wildman–Crippen LogP) is 0.446. The first-order chi connectivity index (χ1) is 9.84. The molecule has 2 heterocycles. The van der Waals surface area contributed by atoms with Crippen LogP contribution in [0.4, 0.5) is 0 Å². The number of nitrogens with two attached hydrogens (primary N) is 1. The molecule has 1 aliphatic heterocycles. The van der Waals surface area contributed by atoms with Crippen LogP contribution in [-0.4, -0.2) is 55.9 Å². The summed E-state index contributed by atoms with van der Waals surface area (Å²) in [7, 11) is 2.56. The Morgan fingerprint density at radius 2 is 1.95 bits per heavy atom. The largest absolute Gasteiger partial charge is 0.352 e. The third-order valence-corrected chi connectivity index (χ3v) is 5.99. The maximum absolute atomic E-state index is 12.7. The van der Waals surface area contributed by atoms with Crippen molar-refractivity contribution >= 4 is 10.0 Å². The van der Waals surface area contributed by atoms with Crippen LogP contribution in [0.2, 0.25) is 0 Å². The molecular weight excluding hydrogens is 288 g/mol. The summed E-state index contributed by atoms with van der Waals surface area (Å²) in [6.07, 6.45) is 3.51. The standard InChI is InChI=1S/C14H26N4O2S/c1-16(2)10-12-4-6-18(7-5-12)21(19,20)14-8-13(9-15)17(3)11-14/h8,11-12H,4-7,9-10,15H2,1-3H3. The third-order valence-electron chi connectivity index (χ3n) is 4.13. The third kappa shape index (κ3) is 3.66. The molecule has 0 atom stereocenters. The lowest BCUT2D eigenvalue weighted by Gasteiger charge is -2.32. The van der Waals surface area contributed by atoms with E-state index in [4.69, 9.17) is 5.73 Å². The molecule has 120 valence electrons. The maximum Gasteiger partial charge on any atom is 0.244 e. The number of nitrogens with zero attached hydrogens (tertiary/aromatic N) is 3. The molecule has 0 unspecified atom stereocenters. The van der Waals surface area contributed by atoms with E-state index in [1.807, 2.05) is 7.05 Å². The molecule has 6 nitrogen and oxygen atoms in total. The zero-order valence-electron chi connectivity index (χ0n) is 13.1. The molecule has 1 aromatic rings. The van der Waals surface area contributed by atoms with Gasteiger partial charge in [0.2, 0.25) is 10.0 Å². The normalized spacial score (nSPS) is 18.5. The monoisotopic (exact) mass is 314 g/mol. The molecule has 0 aliphatic carbocycles. The van der Waals surface area contributed by atoms with Gasteiger partial charge in [-0.1, -0.05) is 0 Å². The van der Waals surface area contributed by atoms with Gasteiger partial charge < -0.3 is 15.2 Å². The molecule has 0 amide bonds. The number of rotatable bonds is 5. The highest BCUT2D eigenvalue weighted by atomic mass is 32.2. The number of aromatic nitrogens is 1. The van der Waals surface area contributed by atoms with Gasteiger partial charge >= 0.3 is 0 Å². The van der Waals surface area contributed by atoms with E-state index in [2.05, 4.69) is 19.0 Å². The van der Waals surface area contributed by atoms with Crippen molar-refractivity contribution in [3.8, 4) is 0 Å². The van der Waals surface area contributed by atoms with Crippen molar-refractivity contribution in [2.45, 2.75) is 24.3 Å². The van der Waals surface area contributed by atoms with E-state index >= 15 is 0 Å². The minimum atomic E-state index is -3.38.